The summed E-state index contributed by atoms with van der Waals surface area (Å²) in [7, 11) is 0. The minimum absolute atomic E-state index is 0.0115. The van der Waals surface area contributed by atoms with Crippen LogP contribution in [0.2, 0.25) is 0 Å². The topological polar surface area (TPSA) is 20.2 Å². The van der Waals surface area contributed by atoms with E-state index in [4.69, 9.17) is 0 Å². The largest absolute Gasteiger partial charge is 0.393 e. The molecule has 3 saturated carbocycles. The van der Waals surface area contributed by atoms with Gasteiger partial charge in [-0.1, -0.05) is 19.9 Å². The second-order valence-corrected chi connectivity index (χ2v) is 9.99. The maximum absolute atomic E-state index is 10.1. The van der Waals surface area contributed by atoms with Gasteiger partial charge in [0.15, 0.2) is 0 Å². The van der Waals surface area contributed by atoms with Gasteiger partial charge in [-0.2, -0.15) is 0 Å². The van der Waals surface area contributed by atoms with Crippen molar-refractivity contribution in [3.63, 3.8) is 0 Å². The molecular formula is C19H29IO. The van der Waals surface area contributed by atoms with Gasteiger partial charge in [-0.25, -0.2) is 0 Å². The maximum atomic E-state index is 10.1. The molecule has 118 valence electrons. The van der Waals surface area contributed by atoms with Gasteiger partial charge in [-0.15, -0.1) is 0 Å². The van der Waals surface area contributed by atoms with Gasteiger partial charge in [0.1, 0.15) is 0 Å². The van der Waals surface area contributed by atoms with E-state index < -0.39 is 0 Å². The second-order valence-electron chi connectivity index (χ2n) is 8.83. The number of hydrogen-bond acceptors (Lipinski definition) is 1. The van der Waals surface area contributed by atoms with Gasteiger partial charge in [0.25, 0.3) is 0 Å². The predicted octanol–water partition coefficient (Wildman–Crippen LogP) is 5.32. The van der Waals surface area contributed by atoms with Gasteiger partial charge >= 0.3 is 0 Å². The number of hydrogen-bond donors (Lipinski definition) is 1. The van der Waals surface area contributed by atoms with Crippen molar-refractivity contribution in [2.24, 2.45) is 34.5 Å². The van der Waals surface area contributed by atoms with Crippen molar-refractivity contribution in [2.45, 2.75) is 71.3 Å². The lowest BCUT2D eigenvalue weighted by atomic mass is 9.45. The van der Waals surface area contributed by atoms with E-state index in [0.717, 1.165) is 36.5 Å². The van der Waals surface area contributed by atoms with E-state index in [-0.39, 0.29) is 6.10 Å². The van der Waals surface area contributed by atoms with Crippen molar-refractivity contribution in [3.8, 4) is 0 Å². The zero-order valence-corrected chi connectivity index (χ0v) is 15.6. The molecule has 21 heavy (non-hydrogen) atoms. The lowest BCUT2D eigenvalue weighted by Gasteiger charge is -2.60. The summed E-state index contributed by atoms with van der Waals surface area (Å²) in [5.41, 5.74) is 1.02. The highest BCUT2D eigenvalue weighted by atomic mass is 127. The Morgan fingerprint density at radius 1 is 1.10 bits per heavy atom. The number of rotatable bonds is 0. The fourth-order valence-electron chi connectivity index (χ4n) is 6.75. The third-order valence-electron chi connectivity index (χ3n) is 8.12. The summed E-state index contributed by atoms with van der Waals surface area (Å²) in [6.07, 6.45) is 12.9. The highest BCUT2D eigenvalue weighted by Crippen LogP contribution is 2.66. The van der Waals surface area contributed by atoms with E-state index >= 15 is 0 Å². The van der Waals surface area contributed by atoms with Crippen molar-refractivity contribution in [2.75, 3.05) is 0 Å². The fourth-order valence-corrected chi connectivity index (χ4v) is 7.67. The second kappa shape index (κ2) is 4.96. The molecule has 4 aliphatic carbocycles. The molecule has 0 radical (unpaired) electrons. The number of aliphatic hydroxyl groups is 1. The molecule has 0 saturated heterocycles. The first-order valence-corrected chi connectivity index (χ1v) is 10.1. The zero-order valence-electron chi connectivity index (χ0n) is 13.4. The Morgan fingerprint density at radius 2 is 1.90 bits per heavy atom. The monoisotopic (exact) mass is 400 g/mol. The van der Waals surface area contributed by atoms with E-state index in [1.807, 2.05) is 0 Å². The molecule has 0 heterocycles. The summed E-state index contributed by atoms with van der Waals surface area (Å²) in [6, 6.07) is 0. The van der Waals surface area contributed by atoms with Crippen molar-refractivity contribution < 1.29 is 5.11 Å². The smallest absolute Gasteiger partial charge is 0.0543 e. The van der Waals surface area contributed by atoms with Crippen LogP contribution in [0.4, 0.5) is 0 Å². The summed E-state index contributed by atoms with van der Waals surface area (Å²) in [6.45, 7) is 5.12. The Balaban J connectivity index is 1.63. The van der Waals surface area contributed by atoms with E-state index in [1.165, 1.54) is 38.5 Å². The average Bonchev–Trinajstić information content (AvgIpc) is 2.76. The average molecular weight is 400 g/mol. The summed E-state index contributed by atoms with van der Waals surface area (Å²) >= 11 is 2.62. The van der Waals surface area contributed by atoms with E-state index in [1.54, 1.807) is 3.58 Å². The van der Waals surface area contributed by atoms with Crippen molar-refractivity contribution in [3.05, 3.63) is 9.66 Å². The van der Waals surface area contributed by atoms with E-state index in [0.29, 0.717) is 10.8 Å². The SMILES string of the molecule is C[C@]12CC[C@H](O)CC1CC[C@@H]1[C@@H]2CC[C@]2(C)C(I)=CC[C@@H]12. The van der Waals surface area contributed by atoms with Gasteiger partial charge in [0.05, 0.1) is 6.10 Å². The first kappa shape index (κ1) is 15.0. The molecule has 0 amide bonds. The van der Waals surface area contributed by atoms with Crippen LogP contribution in [0.15, 0.2) is 9.66 Å². The first-order valence-electron chi connectivity index (χ1n) is 8.99. The molecule has 1 N–H and O–H groups in total. The molecule has 3 fully saturated rings. The number of halogens is 1. The van der Waals surface area contributed by atoms with Crippen LogP contribution in [-0.4, -0.2) is 11.2 Å². The lowest BCUT2D eigenvalue weighted by Crippen LogP contribution is -2.53. The van der Waals surface area contributed by atoms with Crippen LogP contribution in [-0.2, 0) is 0 Å². The molecule has 0 aromatic rings. The Labute approximate surface area is 143 Å². The summed E-state index contributed by atoms with van der Waals surface area (Å²) in [5.74, 6) is 3.58. The zero-order chi connectivity index (χ0) is 14.8. The molecule has 2 heteroatoms. The predicted molar refractivity (Wildman–Crippen MR) is 95.2 cm³/mol. The van der Waals surface area contributed by atoms with Gasteiger partial charge in [-0.05, 0) is 107 Å². The molecule has 4 rings (SSSR count). The Bertz CT molecular complexity index is 472. The molecule has 0 aliphatic heterocycles. The standard InChI is InChI=1S/C19H29IO/c1-18-9-7-13(21)11-12(18)3-4-14-15-5-6-17(20)19(15,2)10-8-16(14)18/h6,12-16,21H,3-5,7-11H2,1-2H3/t12?,13-,14-,15-,16-,18-,19-/m0/s1. The lowest BCUT2D eigenvalue weighted by molar-refractivity contribution is -0.116. The minimum atomic E-state index is -0.0115. The van der Waals surface area contributed by atoms with Crippen LogP contribution in [0.3, 0.4) is 0 Å². The van der Waals surface area contributed by atoms with Crippen molar-refractivity contribution >= 4 is 22.6 Å². The summed E-state index contributed by atoms with van der Waals surface area (Å²) in [4.78, 5) is 0. The van der Waals surface area contributed by atoms with Gasteiger partial charge in [0, 0.05) is 5.41 Å². The normalized spacial score (nSPS) is 56.2. The molecule has 0 spiro atoms. The Morgan fingerprint density at radius 3 is 2.71 bits per heavy atom. The highest BCUT2D eigenvalue weighted by Gasteiger charge is 2.58. The molecule has 0 bridgehead atoms. The number of fused-ring (bicyclic) bond motifs is 5. The molecule has 0 aromatic carbocycles. The molecule has 1 nitrogen and oxygen atoms in total. The minimum Gasteiger partial charge on any atom is -0.393 e. The third kappa shape index (κ3) is 2.03. The Kier molecular flexibility index (Phi) is 3.54. The van der Waals surface area contributed by atoms with Crippen LogP contribution in [0.1, 0.15) is 65.2 Å². The first-order chi connectivity index (χ1) is 9.95. The summed E-state index contributed by atoms with van der Waals surface area (Å²) in [5, 5.41) is 10.1. The maximum Gasteiger partial charge on any atom is 0.0543 e. The summed E-state index contributed by atoms with van der Waals surface area (Å²) < 4.78 is 1.65. The van der Waals surface area contributed by atoms with Gasteiger partial charge in [-0.3, -0.25) is 0 Å². The number of allylic oxidation sites excluding steroid dienone is 2. The molecular weight excluding hydrogens is 371 g/mol. The number of aliphatic hydroxyl groups excluding tert-OH is 1. The quantitative estimate of drug-likeness (QED) is 0.546. The Hall–Kier alpha value is 0.430. The van der Waals surface area contributed by atoms with E-state index in [2.05, 4.69) is 42.5 Å². The fraction of sp³-hybridized carbons (Fsp3) is 0.895. The van der Waals surface area contributed by atoms with E-state index in [9.17, 15) is 5.11 Å². The highest BCUT2D eigenvalue weighted by molar-refractivity contribution is 14.1. The van der Waals surface area contributed by atoms with Crippen molar-refractivity contribution in [1.29, 1.82) is 0 Å². The van der Waals surface area contributed by atoms with Crippen LogP contribution >= 0.6 is 22.6 Å². The van der Waals surface area contributed by atoms with Crippen LogP contribution in [0, 0.1) is 34.5 Å². The van der Waals surface area contributed by atoms with Crippen LogP contribution in [0.5, 0.6) is 0 Å². The van der Waals surface area contributed by atoms with Crippen molar-refractivity contribution in [1.82, 2.24) is 0 Å². The molecule has 0 aromatic heterocycles. The van der Waals surface area contributed by atoms with Crippen LogP contribution < -0.4 is 0 Å². The molecule has 4 aliphatic rings. The third-order valence-corrected chi connectivity index (χ3v) is 9.80. The van der Waals surface area contributed by atoms with Crippen LogP contribution in [0.25, 0.3) is 0 Å². The molecule has 1 unspecified atom stereocenters. The molecule has 7 atom stereocenters. The van der Waals surface area contributed by atoms with Gasteiger partial charge in [0.2, 0.25) is 0 Å². The van der Waals surface area contributed by atoms with Gasteiger partial charge < -0.3 is 5.11 Å².